The van der Waals surface area contributed by atoms with Gasteiger partial charge in [-0.05, 0) is 50.5 Å². The number of nitrogens with one attached hydrogen (secondary N) is 2. The summed E-state index contributed by atoms with van der Waals surface area (Å²) in [6.07, 6.45) is -3.75. The molecule has 1 fully saturated rings. The maximum Gasteiger partial charge on any atom is 0.433 e. The Balaban J connectivity index is 1.47. The molecule has 2 aliphatic heterocycles. The molecule has 0 unspecified atom stereocenters. The fourth-order valence-corrected chi connectivity index (χ4v) is 5.08. The lowest BCUT2D eigenvalue weighted by Crippen LogP contribution is -2.48. The summed E-state index contributed by atoms with van der Waals surface area (Å²) in [6.45, 7) is 3.77. The van der Waals surface area contributed by atoms with Gasteiger partial charge in [-0.3, -0.25) is 14.4 Å². The van der Waals surface area contributed by atoms with Crippen molar-refractivity contribution in [3.63, 3.8) is 0 Å². The lowest BCUT2D eigenvalue weighted by Gasteiger charge is -2.30. The van der Waals surface area contributed by atoms with E-state index in [9.17, 15) is 27.6 Å². The number of amides is 3. The zero-order valence-electron chi connectivity index (χ0n) is 21.3. The van der Waals surface area contributed by atoms with E-state index in [0.29, 0.717) is 28.7 Å². The Morgan fingerprint density at radius 3 is 2.62 bits per heavy atom. The number of halogens is 3. The number of aryl methyl sites for hydroxylation is 2. The first-order chi connectivity index (χ1) is 18.5. The van der Waals surface area contributed by atoms with Crippen LogP contribution in [0.25, 0.3) is 5.65 Å². The number of rotatable bonds is 1. The van der Waals surface area contributed by atoms with Gasteiger partial charge in [-0.1, -0.05) is 6.07 Å². The summed E-state index contributed by atoms with van der Waals surface area (Å²) in [5.74, 6) is -0.759. The molecule has 1 aromatic carbocycles. The van der Waals surface area contributed by atoms with Gasteiger partial charge < -0.3 is 20.3 Å². The van der Waals surface area contributed by atoms with Crippen LogP contribution in [0.1, 0.15) is 57.1 Å². The summed E-state index contributed by atoms with van der Waals surface area (Å²) in [7, 11) is 0. The van der Waals surface area contributed by atoms with E-state index in [2.05, 4.69) is 20.7 Å². The predicted octanol–water partition coefficient (Wildman–Crippen LogP) is 2.67. The van der Waals surface area contributed by atoms with Crippen LogP contribution in [0.5, 0.6) is 5.75 Å². The van der Waals surface area contributed by atoms with Gasteiger partial charge in [-0.25, -0.2) is 9.50 Å². The third-order valence-corrected chi connectivity index (χ3v) is 6.97. The van der Waals surface area contributed by atoms with Crippen molar-refractivity contribution in [3.05, 3.63) is 58.5 Å². The molecule has 0 aliphatic carbocycles. The summed E-state index contributed by atoms with van der Waals surface area (Å²) >= 11 is 0. The molecule has 10 nitrogen and oxygen atoms in total. The van der Waals surface area contributed by atoms with Gasteiger partial charge in [-0.15, -0.1) is 0 Å². The van der Waals surface area contributed by atoms with Crippen LogP contribution in [0, 0.1) is 13.8 Å². The van der Waals surface area contributed by atoms with Gasteiger partial charge in [0.25, 0.3) is 11.8 Å². The van der Waals surface area contributed by atoms with E-state index in [1.807, 2.05) is 6.92 Å². The zero-order chi connectivity index (χ0) is 27.9. The van der Waals surface area contributed by atoms with Gasteiger partial charge in [0.15, 0.2) is 11.3 Å². The van der Waals surface area contributed by atoms with Crippen LogP contribution in [0.15, 0.2) is 30.3 Å². The van der Waals surface area contributed by atoms with Crippen molar-refractivity contribution in [2.75, 3.05) is 19.7 Å². The summed E-state index contributed by atoms with van der Waals surface area (Å²) in [5, 5.41) is 9.58. The monoisotopic (exact) mass is 544 g/mol. The lowest BCUT2D eigenvalue weighted by molar-refractivity contribution is -0.142. The molecule has 2 aliphatic rings. The molecule has 13 heteroatoms. The second-order valence-electron chi connectivity index (χ2n) is 9.77. The van der Waals surface area contributed by atoms with Crippen molar-refractivity contribution in [2.45, 2.75) is 51.4 Å². The first-order valence-electron chi connectivity index (χ1n) is 12.6. The maximum absolute atomic E-state index is 13.7. The first-order valence-corrected chi connectivity index (χ1v) is 12.6. The highest BCUT2D eigenvalue weighted by molar-refractivity contribution is 5.96. The molecule has 2 atom stereocenters. The lowest BCUT2D eigenvalue weighted by atomic mass is 10.1. The van der Waals surface area contributed by atoms with Gasteiger partial charge in [0.1, 0.15) is 18.1 Å². The van der Waals surface area contributed by atoms with Gasteiger partial charge in [0.05, 0.1) is 6.54 Å². The van der Waals surface area contributed by atoms with Crippen LogP contribution in [-0.4, -0.2) is 69.0 Å². The fourth-order valence-electron chi connectivity index (χ4n) is 5.08. The minimum atomic E-state index is -4.71. The van der Waals surface area contributed by atoms with Crippen LogP contribution in [0.2, 0.25) is 0 Å². The number of carbonyl (C=O) groups excluding carboxylic acids is 3. The molecule has 0 spiro atoms. The summed E-state index contributed by atoms with van der Waals surface area (Å²) in [4.78, 5) is 44.9. The molecule has 2 aromatic heterocycles. The van der Waals surface area contributed by atoms with E-state index in [4.69, 9.17) is 4.74 Å². The van der Waals surface area contributed by atoms with Crippen molar-refractivity contribution in [1.29, 1.82) is 0 Å². The summed E-state index contributed by atoms with van der Waals surface area (Å²) in [6, 6.07) is 6.10. The fraction of sp³-hybridized carbons (Fsp3) is 0.423. The molecule has 39 heavy (non-hydrogen) atoms. The zero-order valence-corrected chi connectivity index (χ0v) is 21.3. The molecule has 0 saturated carbocycles. The number of aromatic nitrogens is 3. The minimum absolute atomic E-state index is 0.0124. The van der Waals surface area contributed by atoms with E-state index in [1.54, 1.807) is 18.2 Å². The van der Waals surface area contributed by atoms with Crippen LogP contribution < -0.4 is 15.4 Å². The number of ether oxygens (including phenoxy) is 1. The highest BCUT2D eigenvalue weighted by atomic mass is 19.4. The first kappa shape index (κ1) is 26.4. The Morgan fingerprint density at radius 1 is 1.08 bits per heavy atom. The number of carbonyl (C=O) groups is 3. The second kappa shape index (κ2) is 10.2. The Morgan fingerprint density at radius 2 is 1.85 bits per heavy atom. The third kappa shape index (κ3) is 5.38. The average molecular weight is 545 g/mol. The number of benzene rings is 1. The van der Waals surface area contributed by atoms with Crippen LogP contribution in [0.3, 0.4) is 0 Å². The smallest absolute Gasteiger partial charge is 0.433 e. The highest BCUT2D eigenvalue weighted by Gasteiger charge is 2.40. The summed E-state index contributed by atoms with van der Waals surface area (Å²) in [5.41, 5.74) is -0.0392. The highest BCUT2D eigenvalue weighted by Crippen LogP contribution is 2.32. The number of alkyl halides is 3. The van der Waals surface area contributed by atoms with Crippen LogP contribution in [0.4, 0.5) is 13.2 Å². The van der Waals surface area contributed by atoms with Crippen molar-refractivity contribution >= 4 is 23.4 Å². The van der Waals surface area contributed by atoms with E-state index >= 15 is 0 Å². The van der Waals surface area contributed by atoms with Gasteiger partial charge in [-0.2, -0.15) is 18.3 Å². The Hall–Kier alpha value is -4.16. The van der Waals surface area contributed by atoms with Crippen molar-refractivity contribution in [1.82, 2.24) is 30.1 Å². The molecule has 4 bridgehead atoms. The SMILES string of the molecule is Cc1cc(C(F)(F)F)n2nc(C(=O)N3[C@@H]4CC[C@H]3CC(=O)NCCOc3cc(ccc3C)C(=O)NC4)cc2n1. The standard InChI is InChI=1S/C26H27F3N6O4/c1-14-3-4-16-10-20(14)39-8-7-30-23(36)11-17-5-6-18(13-31-24(16)37)34(17)25(38)19-12-22-32-15(2)9-21(26(27,28)29)35(22)33-19/h3-4,9-10,12,17-18H,5-8,11,13H2,1-2H3,(H,30,36)(H,31,37)/t17-,18+/m0/s1. The van der Waals surface area contributed by atoms with Gasteiger partial charge in [0, 0.05) is 42.4 Å². The molecule has 3 amide bonds. The Bertz CT molecular complexity index is 1450. The molecule has 2 N–H and O–H groups in total. The minimum Gasteiger partial charge on any atom is -0.491 e. The molecular weight excluding hydrogens is 517 g/mol. The molecule has 5 rings (SSSR count). The van der Waals surface area contributed by atoms with Crippen LogP contribution in [-0.2, 0) is 11.0 Å². The molecular formula is C26H27F3N6O4. The number of nitrogens with zero attached hydrogens (tertiary/aromatic N) is 4. The molecule has 3 aromatic rings. The third-order valence-electron chi connectivity index (χ3n) is 6.97. The number of hydrogen-bond acceptors (Lipinski definition) is 6. The normalized spacial score (nSPS) is 20.6. The molecule has 0 radical (unpaired) electrons. The quantitative estimate of drug-likeness (QED) is 0.487. The predicted molar refractivity (Wildman–Crippen MR) is 132 cm³/mol. The van der Waals surface area contributed by atoms with E-state index in [1.165, 1.54) is 17.9 Å². The van der Waals surface area contributed by atoms with E-state index < -0.39 is 29.9 Å². The molecule has 206 valence electrons. The topological polar surface area (TPSA) is 118 Å². The summed E-state index contributed by atoms with van der Waals surface area (Å²) < 4.78 is 47.3. The van der Waals surface area contributed by atoms with E-state index in [0.717, 1.165) is 11.6 Å². The van der Waals surface area contributed by atoms with Crippen molar-refractivity contribution in [3.8, 4) is 5.75 Å². The van der Waals surface area contributed by atoms with Gasteiger partial charge >= 0.3 is 6.18 Å². The van der Waals surface area contributed by atoms with E-state index in [-0.39, 0.29) is 55.0 Å². The average Bonchev–Trinajstić information content (AvgIpc) is 3.48. The second-order valence-corrected chi connectivity index (χ2v) is 9.77. The van der Waals surface area contributed by atoms with Crippen molar-refractivity contribution in [2.24, 2.45) is 0 Å². The number of hydrogen-bond donors (Lipinski definition) is 2. The molecule has 1 saturated heterocycles. The Kier molecular flexibility index (Phi) is 6.91. The Labute approximate surface area is 221 Å². The number of fused-ring (bicyclic) bond motifs is 5. The van der Waals surface area contributed by atoms with Crippen molar-refractivity contribution < 1.29 is 32.3 Å². The maximum atomic E-state index is 13.7. The largest absolute Gasteiger partial charge is 0.491 e. The van der Waals surface area contributed by atoms with Gasteiger partial charge in [0.2, 0.25) is 5.91 Å². The molecule has 4 heterocycles. The van der Waals surface area contributed by atoms with Crippen LogP contribution >= 0.6 is 0 Å².